The van der Waals surface area contributed by atoms with Crippen LogP contribution in [0.15, 0.2) is 77.7 Å². The highest BCUT2D eigenvalue weighted by Crippen LogP contribution is 2.43. The molecule has 0 spiro atoms. The number of likely N-dealkylation sites (tertiary alicyclic amines) is 1. The lowest BCUT2D eigenvalue weighted by molar-refractivity contribution is -0.139. The number of nitrogens with one attached hydrogen (secondary N) is 4. The highest BCUT2D eigenvalue weighted by atomic mass is 32.2. The molecule has 5 amide bonds. The number of urea groups is 1. The van der Waals surface area contributed by atoms with Gasteiger partial charge in [-0.25, -0.2) is 22.4 Å². The van der Waals surface area contributed by atoms with Gasteiger partial charge in [0.1, 0.15) is 11.9 Å². The maximum absolute atomic E-state index is 15.4. The van der Waals surface area contributed by atoms with Crippen LogP contribution in [0.5, 0.6) is 0 Å². The monoisotopic (exact) mass is 681 g/mol. The Morgan fingerprint density at radius 3 is 2.23 bits per heavy atom. The normalized spacial score (nSPS) is 17.4. The predicted molar refractivity (Wildman–Crippen MR) is 174 cm³/mol. The van der Waals surface area contributed by atoms with Crippen molar-refractivity contribution in [3.8, 4) is 0 Å². The number of carboxylic acids is 1. The van der Waals surface area contributed by atoms with E-state index in [2.05, 4.69) is 21.3 Å². The molecular weight excluding hydrogens is 645 g/mol. The minimum atomic E-state index is -4.35. The summed E-state index contributed by atoms with van der Waals surface area (Å²) in [7, 11) is -4.35. The Balaban J connectivity index is 1.70. The third-order valence-electron chi connectivity index (χ3n) is 7.61. The average molecular weight is 682 g/mol. The van der Waals surface area contributed by atoms with Gasteiger partial charge in [0.05, 0.1) is 28.3 Å². The largest absolute Gasteiger partial charge is 0.478 e. The first-order valence-corrected chi connectivity index (χ1v) is 16.6. The Bertz CT molecular complexity index is 1820. The third kappa shape index (κ3) is 8.34. The molecule has 1 aliphatic heterocycles. The molecule has 3 unspecified atom stereocenters. The van der Waals surface area contributed by atoms with Crippen LogP contribution in [0.25, 0.3) is 0 Å². The van der Waals surface area contributed by atoms with E-state index in [1.165, 1.54) is 73.7 Å². The molecule has 1 aliphatic rings. The van der Waals surface area contributed by atoms with Crippen molar-refractivity contribution in [3.05, 3.63) is 89.7 Å². The van der Waals surface area contributed by atoms with Gasteiger partial charge in [0.25, 0.3) is 0 Å². The molecule has 5 N–H and O–H groups in total. The van der Waals surface area contributed by atoms with E-state index in [1.54, 1.807) is 0 Å². The van der Waals surface area contributed by atoms with Crippen LogP contribution >= 0.6 is 0 Å². The fourth-order valence-electron chi connectivity index (χ4n) is 5.44. The van der Waals surface area contributed by atoms with Gasteiger partial charge in [-0.2, -0.15) is 0 Å². The van der Waals surface area contributed by atoms with Crippen molar-refractivity contribution in [2.45, 2.75) is 49.4 Å². The van der Waals surface area contributed by atoms with Crippen molar-refractivity contribution in [2.24, 2.45) is 5.92 Å². The molecule has 0 radical (unpaired) electrons. The van der Waals surface area contributed by atoms with E-state index >= 15 is 4.39 Å². The zero-order chi connectivity index (χ0) is 35.2. The summed E-state index contributed by atoms with van der Waals surface area (Å²) in [5, 5.41) is 17.8. The molecule has 1 heterocycles. The second kappa shape index (κ2) is 15.1. The molecule has 0 aliphatic carbocycles. The molecular formula is C33H36FN5O8S. The summed E-state index contributed by atoms with van der Waals surface area (Å²) >= 11 is 0. The van der Waals surface area contributed by atoms with Crippen molar-refractivity contribution >= 4 is 50.9 Å². The number of carbonyl (C=O) groups excluding carboxylic acids is 4. The van der Waals surface area contributed by atoms with Crippen LogP contribution in [-0.2, 0) is 24.2 Å². The zero-order valence-electron chi connectivity index (χ0n) is 26.4. The maximum Gasteiger partial charge on any atom is 0.335 e. The fourth-order valence-corrected chi connectivity index (χ4v) is 7.36. The number of rotatable bonds is 11. The Kier molecular flexibility index (Phi) is 11.2. The number of hydrogen-bond acceptors (Lipinski definition) is 7. The molecule has 0 aromatic heterocycles. The predicted octanol–water partition coefficient (Wildman–Crippen LogP) is 3.56. The standard InChI is InChI=1S/C33H36FN5O8S/c1-19(2)17-35-31(42)27-16-28(48(46,47)24-13-11-22(12-14-24)37-20(3)40)30(25-9-4-5-10-26(25)34)39(27)29(41)18-36-33(45)38-23-8-6-7-21(15-23)32(43)44/h4-15,19,27-28,30H,16-18H2,1-3H3,(H,35,42)(H,37,40)(H,43,44)(H2,36,38,45). The number of carbonyl (C=O) groups is 5. The molecule has 0 saturated carbocycles. The van der Waals surface area contributed by atoms with Gasteiger partial charge in [0, 0.05) is 30.4 Å². The average Bonchev–Trinajstić information content (AvgIpc) is 3.44. The van der Waals surface area contributed by atoms with Crippen LogP contribution in [0, 0.1) is 11.7 Å². The molecule has 1 fully saturated rings. The van der Waals surface area contributed by atoms with Crippen LogP contribution in [0.2, 0.25) is 0 Å². The van der Waals surface area contributed by atoms with E-state index in [4.69, 9.17) is 0 Å². The second-order valence-corrected chi connectivity index (χ2v) is 13.8. The molecule has 1 saturated heterocycles. The van der Waals surface area contributed by atoms with E-state index in [0.29, 0.717) is 5.69 Å². The fraction of sp³-hybridized carbons (Fsp3) is 0.303. The van der Waals surface area contributed by atoms with Gasteiger partial charge in [-0.1, -0.05) is 38.1 Å². The first kappa shape index (κ1) is 35.5. The molecule has 15 heteroatoms. The van der Waals surface area contributed by atoms with Crippen molar-refractivity contribution < 1.29 is 41.9 Å². The Morgan fingerprint density at radius 2 is 1.60 bits per heavy atom. The highest BCUT2D eigenvalue weighted by molar-refractivity contribution is 7.92. The number of aromatic carboxylic acids is 1. The van der Waals surface area contributed by atoms with Crippen molar-refractivity contribution in [3.63, 3.8) is 0 Å². The van der Waals surface area contributed by atoms with Gasteiger partial charge in [0.15, 0.2) is 9.84 Å². The molecule has 4 rings (SSSR count). The summed E-state index contributed by atoms with van der Waals surface area (Å²) in [5.74, 6) is -3.85. The quantitative estimate of drug-likeness (QED) is 0.203. The summed E-state index contributed by atoms with van der Waals surface area (Å²) in [4.78, 5) is 63.8. The summed E-state index contributed by atoms with van der Waals surface area (Å²) in [5.41, 5.74) is 0.261. The van der Waals surface area contributed by atoms with Gasteiger partial charge in [0.2, 0.25) is 17.7 Å². The van der Waals surface area contributed by atoms with E-state index in [0.717, 1.165) is 11.0 Å². The molecule has 254 valence electrons. The number of nitrogens with zero attached hydrogens (tertiary/aromatic N) is 1. The lowest BCUT2D eigenvalue weighted by Crippen LogP contribution is -2.50. The minimum absolute atomic E-state index is 0.0218. The number of halogens is 1. The van der Waals surface area contributed by atoms with E-state index in [9.17, 15) is 37.5 Å². The highest BCUT2D eigenvalue weighted by Gasteiger charge is 2.53. The minimum Gasteiger partial charge on any atom is -0.478 e. The van der Waals surface area contributed by atoms with Gasteiger partial charge in [-0.05, 0) is 60.9 Å². The van der Waals surface area contributed by atoms with Gasteiger partial charge in [-0.15, -0.1) is 0 Å². The lowest BCUT2D eigenvalue weighted by atomic mass is 10.0. The SMILES string of the molecule is CC(=O)Nc1ccc(S(=O)(=O)C2CC(C(=O)NCC(C)C)N(C(=O)CNC(=O)Nc3cccc(C(=O)O)c3)C2c2ccccc2F)cc1. The number of hydrogen-bond donors (Lipinski definition) is 5. The number of amides is 5. The molecule has 0 bridgehead atoms. The molecule has 48 heavy (non-hydrogen) atoms. The number of benzene rings is 3. The summed E-state index contributed by atoms with van der Waals surface area (Å²) in [6.07, 6.45) is -0.376. The Hall–Kier alpha value is -5.31. The van der Waals surface area contributed by atoms with Crippen LogP contribution in [-0.4, -0.2) is 72.5 Å². The smallest absolute Gasteiger partial charge is 0.335 e. The molecule has 3 atom stereocenters. The maximum atomic E-state index is 15.4. The first-order chi connectivity index (χ1) is 22.7. The number of anilines is 2. The second-order valence-electron chi connectivity index (χ2n) is 11.6. The van der Waals surface area contributed by atoms with Crippen LogP contribution in [0.1, 0.15) is 49.2 Å². The van der Waals surface area contributed by atoms with Crippen molar-refractivity contribution in [1.29, 1.82) is 0 Å². The van der Waals surface area contributed by atoms with E-state index < -0.39 is 63.3 Å². The van der Waals surface area contributed by atoms with Gasteiger partial charge < -0.3 is 31.3 Å². The van der Waals surface area contributed by atoms with E-state index in [-0.39, 0.29) is 46.5 Å². The molecule has 3 aromatic rings. The summed E-state index contributed by atoms with van der Waals surface area (Å²) in [6.45, 7) is 4.52. The lowest BCUT2D eigenvalue weighted by Gasteiger charge is -2.32. The van der Waals surface area contributed by atoms with Crippen LogP contribution < -0.4 is 21.3 Å². The topological polar surface area (TPSA) is 191 Å². The third-order valence-corrected chi connectivity index (χ3v) is 9.79. The van der Waals surface area contributed by atoms with Gasteiger partial charge in [-0.3, -0.25) is 14.4 Å². The van der Waals surface area contributed by atoms with Crippen molar-refractivity contribution in [1.82, 2.24) is 15.5 Å². The zero-order valence-corrected chi connectivity index (χ0v) is 27.2. The first-order valence-electron chi connectivity index (χ1n) is 15.0. The van der Waals surface area contributed by atoms with Gasteiger partial charge >= 0.3 is 12.0 Å². The van der Waals surface area contributed by atoms with Crippen LogP contribution in [0.3, 0.4) is 0 Å². The molecule has 3 aromatic carbocycles. The summed E-state index contributed by atoms with van der Waals surface area (Å²) in [6, 6.07) is 12.4. The Morgan fingerprint density at radius 1 is 0.917 bits per heavy atom. The Labute approximate surface area is 276 Å². The molecule has 13 nitrogen and oxygen atoms in total. The van der Waals surface area contributed by atoms with E-state index in [1.807, 2.05) is 13.8 Å². The van der Waals surface area contributed by atoms with Crippen molar-refractivity contribution in [2.75, 3.05) is 23.7 Å². The number of carboxylic acid groups (broad SMARTS) is 1. The summed E-state index contributed by atoms with van der Waals surface area (Å²) < 4.78 is 43.9. The number of sulfone groups is 1. The van der Waals surface area contributed by atoms with Crippen LogP contribution in [0.4, 0.5) is 20.6 Å².